The topological polar surface area (TPSA) is 49.4 Å². The fourth-order valence-corrected chi connectivity index (χ4v) is 4.19. The molecule has 0 atom stereocenters. The van der Waals surface area contributed by atoms with Gasteiger partial charge in [0.25, 0.3) is 11.8 Å². The Morgan fingerprint density at radius 3 is 2.10 bits per heavy atom. The molecule has 0 aliphatic carbocycles. The molecule has 0 aromatic heterocycles. The molecule has 31 heavy (non-hydrogen) atoms. The summed E-state index contributed by atoms with van der Waals surface area (Å²) < 4.78 is 13.6. The summed E-state index contributed by atoms with van der Waals surface area (Å²) in [7, 11) is 0. The number of carbonyl (C=O) groups excluding carboxylic acids is 2. The summed E-state index contributed by atoms with van der Waals surface area (Å²) in [5.41, 5.74) is 3.13. The summed E-state index contributed by atoms with van der Waals surface area (Å²) in [5, 5.41) is 2.90. The van der Waals surface area contributed by atoms with Gasteiger partial charge in [0.2, 0.25) is 0 Å². The van der Waals surface area contributed by atoms with Crippen LogP contribution in [0.25, 0.3) is 0 Å². The Bertz CT molecular complexity index is 1210. The summed E-state index contributed by atoms with van der Waals surface area (Å²) in [6.07, 6.45) is 0. The molecule has 3 aromatic rings. The van der Waals surface area contributed by atoms with Crippen LogP contribution in [0.15, 0.2) is 82.2 Å². The van der Waals surface area contributed by atoms with Crippen molar-refractivity contribution in [3.63, 3.8) is 0 Å². The van der Waals surface area contributed by atoms with Crippen LogP contribution in [0, 0.1) is 19.7 Å². The maximum absolute atomic E-state index is 13.6. The van der Waals surface area contributed by atoms with E-state index in [2.05, 4.69) is 5.32 Å². The van der Waals surface area contributed by atoms with E-state index in [-0.39, 0.29) is 15.6 Å². The lowest BCUT2D eigenvalue weighted by molar-refractivity contribution is -0.120. The molecule has 0 bridgehead atoms. The average Bonchev–Trinajstić information content (AvgIpc) is 2.97. The first-order valence-electron chi connectivity index (χ1n) is 9.50. The number of imide groups is 1. The molecular formula is C24H18ClFN2O2S. The molecule has 1 N–H and O–H groups in total. The largest absolute Gasteiger partial charge is 0.350 e. The van der Waals surface area contributed by atoms with Gasteiger partial charge < -0.3 is 5.32 Å². The van der Waals surface area contributed by atoms with Gasteiger partial charge in [-0.3, -0.25) is 9.59 Å². The normalized spacial score (nSPS) is 13.9. The molecule has 1 heterocycles. The fourth-order valence-electron chi connectivity index (χ4n) is 3.09. The van der Waals surface area contributed by atoms with E-state index >= 15 is 0 Å². The van der Waals surface area contributed by atoms with E-state index in [1.807, 2.05) is 50.2 Å². The van der Waals surface area contributed by atoms with E-state index in [0.29, 0.717) is 11.4 Å². The first-order chi connectivity index (χ1) is 14.8. The summed E-state index contributed by atoms with van der Waals surface area (Å²) in [4.78, 5) is 28.8. The first kappa shape index (κ1) is 21.2. The van der Waals surface area contributed by atoms with Crippen LogP contribution >= 0.6 is 23.4 Å². The summed E-state index contributed by atoms with van der Waals surface area (Å²) >= 11 is 7.09. The molecule has 0 fully saturated rings. The van der Waals surface area contributed by atoms with Crippen molar-refractivity contribution in [1.82, 2.24) is 0 Å². The van der Waals surface area contributed by atoms with Crippen LogP contribution in [0.4, 0.5) is 15.8 Å². The number of thioether (sulfide) groups is 1. The van der Waals surface area contributed by atoms with Crippen molar-refractivity contribution in [2.24, 2.45) is 0 Å². The molecular weight excluding hydrogens is 435 g/mol. The Morgan fingerprint density at radius 2 is 1.48 bits per heavy atom. The van der Waals surface area contributed by atoms with Gasteiger partial charge in [-0.05, 0) is 56.3 Å². The second-order valence-electron chi connectivity index (χ2n) is 7.15. The number of benzene rings is 3. The minimum atomic E-state index is -0.564. The van der Waals surface area contributed by atoms with Crippen LogP contribution in [-0.2, 0) is 9.59 Å². The van der Waals surface area contributed by atoms with E-state index in [1.54, 1.807) is 12.1 Å². The number of aryl methyl sites for hydroxylation is 2. The van der Waals surface area contributed by atoms with Crippen LogP contribution < -0.4 is 10.2 Å². The molecule has 2 amide bonds. The second-order valence-corrected chi connectivity index (χ2v) is 8.65. The molecule has 1 aliphatic rings. The lowest BCUT2D eigenvalue weighted by Gasteiger charge is -2.15. The van der Waals surface area contributed by atoms with Crippen LogP contribution in [0.2, 0.25) is 5.02 Å². The standard InChI is InChI=1S/C24H18ClFN2O2S/c1-14-3-8-17(9-4-14)28-23(29)21(27-16-7-12-20(26)19(25)13-16)22(24(28)30)31-18-10-5-15(2)6-11-18/h3-13,27H,1-2H3. The maximum Gasteiger partial charge on any atom is 0.283 e. The van der Waals surface area contributed by atoms with Crippen LogP contribution in [0.5, 0.6) is 0 Å². The van der Waals surface area contributed by atoms with E-state index in [1.165, 1.54) is 30.0 Å². The number of nitrogens with zero attached hydrogens (tertiary/aromatic N) is 1. The van der Waals surface area contributed by atoms with Crippen LogP contribution in [0.1, 0.15) is 11.1 Å². The Kier molecular flexibility index (Phi) is 5.85. The second kappa shape index (κ2) is 8.57. The van der Waals surface area contributed by atoms with Crippen molar-refractivity contribution < 1.29 is 14.0 Å². The summed E-state index contributed by atoms with van der Waals surface area (Å²) in [5.74, 6) is -1.47. The van der Waals surface area contributed by atoms with E-state index in [0.717, 1.165) is 20.9 Å². The predicted octanol–water partition coefficient (Wildman–Crippen LogP) is 6.09. The van der Waals surface area contributed by atoms with Crippen molar-refractivity contribution in [3.8, 4) is 0 Å². The molecule has 4 rings (SSSR count). The number of nitrogens with one attached hydrogen (secondary N) is 1. The summed E-state index contributed by atoms with van der Waals surface area (Å²) in [6, 6.07) is 18.9. The number of halogens is 2. The molecule has 1 aliphatic heterocycles. The van der Waals surface area contributed by atoms with Crippen molar-refractivity contribution in [2.75, 3.05) is 10.2 Å². The molecule has 4 nitrogen and oxygen atoms in total. The Morgan fingerprint density at radius 1 is 0.871 bits per heavy atom. The Labute approximate surface area is 188 Å². The van der Waals surface area contributed by atoms with Gasteiger partial charge in [0.1, 0.15) is 16.4 Å². The minimum absolute atomic E-state index is 0.0782. The lowest BCUT2D eigenvalue weighted by atomic mass is 10.2. The molecule has 0 saturated carbocycles. The fraction of sp³-hybridized carbons (Fsp3) is 0.0833. The quantitative estimate of drug-likeness (QED) is 0.476. The third-order valence-electron chi connectivity index (χ3n) is 4.76. The third-order valence-corrected chi connectivity index (χ3v) is 6.14. The SMILES string of the molecule is Cc1ccc(SC2=C(Nc3ccc(F)c(Cl)c3)C(=O)N(c3ccc(C)cc3)C2=O)cc1. The van der Waals surface area contributed by atoms with Gasteiger partial charge in [-0.25, -0.2) is 9.29 Å². The zero-order valence-electron chi connectivity index (χ0n) is 16.8. The number of hydrogen-bond acceptors (Lipinski definition) is 4. The van der Waals surface area contributed by atoms with Crippen molar-refractivity contribution >= 4 is 46.6 Å². The average molecular weight is 453 g/mol. The van der Waals surface area contributed by atoms with Gasteiger partial charge in [0.05, 0.1) is 10.7 Å². The minimum Gasteiger partial charge on any atom is -0.350 e. The lowest BCUT2D eigenvalue weighted by Crippen LogP contribution is -2.32. The Balaban J connectivity index is 1.74. The predicted molar refractivity (Wildman–Crippen MR) is 123 cm³/mol. The van der Waals surface area contributed by atoms with Crippen molar-refractivity contribution in [1.29, 1.82) is 0 Å². The maximum atomic E-state index is 13.6. The molecule has 0 saturated heterocycles. The highest BCUT2D eigenvalue weighted by atomic mass is 35.5. The van der Waals surface area contributed by atoms with E-state index in [9.17, 15) is 14.0 Å². The molecule has 0 spiro atoms. The monoisotopic (exact) mass is 452 g/mol. The van der Waals surface area contributed by atoms with Crippen molar-refractivity contribution in [3.05, 3.63) is 99.3 Å². The zero-order chi connectivity index (χ0) is 22.1. The van der Waals surface area contributed by atoms with Gasteiger partial charge in [-0.15, -0.1) is 0 Å². The number of anilines is 2. The number of amides is 2. The first-order valence-corrected chi connectivity index (χ1v) is 10.7. The summed E-state index contributed by atoms with van der Waals surface area (Å²) in [6.45, 7) is 3.90. The molecule has 7 heteroatoms. The van der Waals surface area contributed by atoms with E-state index < -0.39 is 17.6 Å². The highest BCUT2D eigenvalue weighted by molar-refractivity contribution is 8.04. The van der Waals surface area contributed by atoms with Crippen LogP contribution in [-0.4, -0.2) is 11.8 Å². The van der Waals surface area contributed by atoms with Gasteiger partial charge >= 0.3 is 0 Å². The molecule has 156 valence electrons. The molecule has 0 radical (unpaired) electrons. The van der Waals surface area contributed by atoms with Gasteiger partial charge in [0.15, 0.2) is 0 Å². The highest BCUT2D eigenvalue weighted by Gasteiger charge is 2.40. The van der Waals surface area contributed by atoms with Gasteiger partial charge in [-0.2, -0.15) is 0 Å². The van der Waals surface area contributed by atoms with E-state index in [4.69, 9.17) is 11.6 Å². The number of carbonyl (C=O) groups is 2. The molecule has 0 unspecified atom stereocenters. The van der Waals surface area contributed by atoms with Crippen LogP contribution in [0.3, 0.4) is 0 Å². The highest BCUT2D eigenvalue weighted by Crippen LogP contribution is 2.38. The zero-order valence-corrected chi connectivity index (χ0v) is 18.4. The number of hydrogen-bond donors (Lipinski definition) is 1. The smallest absolute Gasteiger partial charge is 0.283 e. The third kappa shape index (κ3) is 4.36. The number of rotatable bonds is 5. The van der Waals surface area contributed by atoms with Gasteiger partial charge in [-0.1, -0.05) is 58.8 Å². The van der Waals surface area contributed by atoms with Gasteiger partial charge in [0, 0.05) is 10.6 Å². The van der Waals surface area contributed by atoms with Crippen molar-refractivity contribution in [2.45, 2.75) is 18.7 Å². The molecule has 3 aromatic carbocycles. The Hall–Kier alpha value is -3.09.